The Bertz CT molecular complexity index is 1310. The average molecular weight is 441 g/mol. The van der Waals surface area contributed by atoms with Crippen molar-refractivity contribution in [1.29, 1.82) is 0 Å². The normalized spacial score (nSPS) is 14.8. The van der Waals surface area contributed by atoms with Crippen molar-refractivity contribution in [2.75, 3.05) is 12.8 Å². The lowest BCUT2D eigenvalue weighted by molar-refractivity contribution is 0.476. The number of nitrogens with two attached hydrogens (primary N) is 1. The van der Waals surface area contributed by atoms with Crippen molar-refractivity contribution in [3.8, 4) is 11.5 Å². The van der Waals surface area contributed by atoms with E-state index < -0.39 is 0 Å². The number of hydrogen-bond acceptors (Lipinski definition) is 6. The molecule has 0 unspecified atom stereocenters. The Labute approximate surface area is 193 Å². The molecule has 33 heavy (non-hydrogen) atoms. The van der Waals surface area contributed by atoms with Gasteiger partial charge in [0.25, 0.3) is 0 Å². The maximum absolute atomic E-state index is 6.49. The first-order valence-corrected chi connectivity index (χ1v) is 11.5. The lowest BCUT2D eigenvalue weighted by atomic mass is 10.0. The van der Waals surface area contributed by atoms with Crippen LogP contribution in [0.4, 0.5) is 5.82 Å². The molecule has 5 rings (SSSR count). The summed E-state index contributed by atoms with van der Waals surface area (Å²) in [4.78, 5) is 14.0. The molecule has 1 aliphatic carbocycles. The maximum atomic E-state index is 6.49. The second-order valence-corrected chi connectivity index (χ2v) is 8.29. The van der Waals surface area contributed by atoms with Crippen LogP contribution in [-0.2, 0) is 6.42 Å². The van der Waals surface area contributed by atoms with Crippen molar-refractivity contribution in [2.45, 2.75) is 45.1 Å². The molecule has 0 bridgehead atoms. The summed E-state index contributed by atoms with van der Waals surface area (Å²) in [6, 6.07) is 17.9. The smallest absolute Gasteiger partial charge is 0.164 e. The van der Waals surface area contributed by atoms with Crippen molar-refractivity contribution in [3.63, 3.8) is 0 Å². The minimum absolute atomic E-state index is 0.314. The zero-order chi connectivity index (χ0) is 22.8. The lowest BCUT2D eigenvalue weighted by Gasteiger charge is -2.12. The Morgan fingerprint density at radius 1 is 1.06 bits per heavy atom. The van der Waals surface area contributed by atoms with Gasteiger partial charge < -0.3 is 10.5 Å². The van der Waals surface area contributed by atoms with Gasteiger partial charge in [0, 0.05) is 19.0 Å². The zero-order valence-corrected chi connectivity index (χ0v) is 19.0. The standard InChI is InChI=1S/C26H28N6O/c1-3-21-29-25(27)22-24(31-32(26(22)30-21)17-11-7-8-12-17)23(28-2)19-15-9-10-16-20(19)33-18-13-5-4-6-14-18/h4-6,9-10,13-17H,3,7-8,11-12H2,1-2H3,(H2,27,29,30). The molecule has 2 heterocycles. The number of anilines is 1. The molecule has 0 aliphatic heterocycles. The molecule has 2 aromatic heterocycles. The summed E-state index contributed by atoms with van der Waals surface area (Å²) < 4.78 is 8.28. The Morgan fingerprint density at radius 2 is 1.79 bits per heavy atom. The summed E-state index contributed by atoms with van der Waals surface area (Å²) in [5.41, 5.74) is 9.54. The summed E-state index contributed by atoms with van der Waals surface area (Å²) in [6.07, 6.45) is 5.30. The topological polar surface area (TPSA) is 91.2 Å². The average Bonchev–Trinajstić information content (AvgIpc) is 3.50. The van der Waals surface area contributed by atoms with Crippen LogP contribution in [0.25, 0.3) is 11.0 Å². The molecule has 0 atom stereocenters. The van der Waals surface area contributed by atoms with Crippen LogP contribution in [0.5, 0.6) is 11.5 Å². The van der Waals surface area contributed by atoms with Gasteiger partial charge in [0.05, 0.1) is 17.1 Å². The van der Waals surface area contributed by atoms with E-state index in [0.29, 0.717) is 35.4 Å². The summed E-state index contributed by atoms with van der Waals surface area (Å²) in [6.45, 7) is 2.04. The van der Waals surface area contributed by atoms with Gasteiger partial charge in [0.2, 0.25) is 0 Å². The molecule has 7 heteroatoms. The minimum Gasteiger partial charge on any atom is -0.457 e. The molecule has 0 saturated heterocycles. The SMILES string of the molecule is CCc1nc(N)c2c(C(=NC)c3ccccc3Oc3ccccc3)nn(C3CCCC3)c2n1. The molecule has 1 fully saturated rings. The van der Waals surface area contributed by atoms with Gasteiger partial charge in [-0.05, 0) is 37.1 Å². The largest absolute Gasteiger partial charge is 0.457 e. The maximum Gasteiger partial charge on any atom is 0.164 e. The Morgan fingerprint density at radius 3 is 2.52 bits per heavy atom. The van der Waals surface area contributed by atoms with E-state index in [1.165, 1.54) is 12.8 Å². The predicted molar refractivity (Wildman–Crippen MR) is 131 cm³/mol. The van der Waals surface area contributed by atoms with Crippen LogP contribution in [0.1, 0.15) is 55.7 Å². The summed E-state index contributed by atoms with van der Waals surface area (Å²) >= 11 is 0. The lowest BCUT2D eigenvalue weighted by Crippen LogP contribution is -2.11. The number of nitrogen functional groups attached to an aromatic ring is 1. The van der Waals surface area contributed by atoms with Gasteiger partial charge in [0.1, 0.15) is 28.8 Å². The van der Waals surface area contributed by atoms with Gasteiger partial charge in [-0.25, -0.2) is 14.6 Å². The van der Waals surface area contributed by atoms with Crippen LogP contribution in [-0.4, -0.2) is 32.5 Å². The fourth-order valence-electron chi connectivity index (χ4n) is 4.56. The number of nitrogens with zero attached hydrogens (tertiary/aromatic N) is 5. The summed E-state index contributed by atoms with van der Waals surface area (Å²) in [7, 11) is 1.77. The van der Waals surface area contributed by atoms with Crippen molar-refractivity contribution >= 4 is 22.6 Å². The number of para-hydroxylation sites is 2. The van der Waals surface area contributed by atoms with Crippen LogP contribution < -0.4 is 10.5 Å². The molecule has 0 spiro atoms. The molecule has 2 aromatic carbocycles. The van der Waals surface area contributed by atoms with E-state index in [9.17, 15) is 0 Å². The highest BCUT2D eigenvalue weighted by molar-refractivity contribution is 6.20. The molecule has 1 aliphatic rings. The van der Waals surface area contributed by atoms with Crippen LogP contribution in [0, 0.1) is 0 Å². The molecule has 0 amide bonds. The fourth-order valence-corrected chi connectivity index (χ4v) is 4.56. The van der Waals surface area contributed by atoms with E-state index in [1.807, 2.05) is 61.5 Å². The number of rotatable bonds is 6. The third-order valence-electron chi connectivity index (χ3n) is 6.17. The molecule has 1 saturated carbocycles. The number of hydrogen-bond donors (Lipinski definition) is 1. The number of aliphatic imine (C=N–C) groups is 1. The molecule has 2 N–H and O–H groups in total. The Balaban J connectivity index is 1.67. The van der Waals surface area contributed by atoms with Gasteiger partial charge in [-0.2, -0.15) is 5.10 Å². The number of aromatic nitrogens is 4. The van der Waals surface area contributed by atoms with Gasteiger partial charge in [-0.1, -0.05) is 50.1 Å². The van der Waals surface area contributed by atoms with Crippen LogP contribution >= 0.6 is 0 Å². The minimum atomic E-state index is 0.314. The molecule has 0 radical (unpaired) electrons. The van der Waals surface area contributed by atoms with Crippen LogP contribution in [0.15, 0.2) is 59.6 Å². The van der Waals surface area contributed by atoms with Gasteiger partial charge >= 0.3 is 0 Å². The quantitative estimate of drug-likeness (QED) is 0.408. The highest BCUT2D eigenvalue weighted by Gasteiger charge is 2.27. The van der Waals surface area contributed by atoms with Gasteiger partial charge in [-0.3, -0.25) is 4.99 Å². The van der Waals surface area contributed by atoms with Gasteiger partial charge in [0.15, 0.2) is 5.65 Å². The third kappa shape index (κ3) is 3.95. The van der Waals surface area contributed by atoms with E-state index in [2.05, 4.69) is 14.7 Å². The Kier molecular flexibility index (Phi) is 5.77. The first-order chi connectivity index (χ1) is 16.2. The molecule has 168 valence electrons. The van der Waals surface area contributed by atoms with Crippen LogP contribution in [0.2, 0.25) is 0 Å². The highest BCUT2D eigenvalue weighted by atomic mass is 16.5. The first-order valence-electron chi connectivity index (χ1n) is 11.5. The third-order valence-corrected chi connectivity index (χ3v) is 6.17. The molecular weight excluding hydrogens is 412 g/mol. The van der Waals surface area contributed by atoms with E-state index in [4.69, 9.17) is 20.6 Å². The second kappa shape index (κ2) is 9.02. The Hall–Kier alpha value is -3.74. The van der Waals surface area contributed by atoms with E-state index in [-0.39, 0.29) is 0 Å². The molecule has 4 aromatic rings. The van der Waals surface area contributed by atoms with E-state index in [1.54, 1.807) is 7.05 Å². The second-order valence-electron chi connectivity index (χ2n) is 8.29. The van der Waals surface area contributed by atoms with E-state index in [0.717, 1.165) is 41.0 Å². The van der Waals surface area contributed by atoms with Crippen molar-refractivity contribution in [2.24, 2.45) is 4.99 Å². The van der Waals surface area contributed by atoms with Crippen LogP contribution in [0.3, 0.4) is 0 Å². The highest BCUT2D eigenvalue weighted by Crippen LogP contribution is 2.35. The van der Waals surface area contributed by atoms with Crippen molar-refractivity contribution in [3.05, 3.63) is 71.7 Å². The van der Waals surface area contributed by atoms with Crippen molar-refractivity contribution in [1.82, 2.24) is 19.7 Å². The summed E-state index contributed by atoms with van der Waals surface area (Å²) in [5.74, 6) is 2.64. The van der Waals surface area contributed by atoms with E-state index >= 15 is 0 Å². The molecule has 7 nitrogen and oxygen atoms in total. The van der Waals surface area contributed by atoms with Gasteiger partial charge in [-0.15, -0.1) is 0 Å². The number of ether oxygens (including phenoxy) is 1. The zero-order valence-electron chi connectivity index (χ0n) is 19.0. The van der Waals surface area contributed by atoms with Crippen molar-refractivity contribution < 1.29 is 4.74 Å². The number of benzene rings is 2. The monoisotopic (exact) mass is 440 g/mol. The predicted octanol–water partition coefficient (Wildman–Crippen LogP) is 5.35. The fraction of sp³-hybridized carbons (Fsp3) is 0.308. The first kappa shape index (κ1) is 21.1. The summed E-state index contributed by atoms with van der Waals surface area (Å²) in [5, 5.41) is 5.81. The molecular formula is C26H28N6O. The number of fused-ring (bicyclic) bond motifs is 1. The number of aryl methyl sites for hydroxylation is 1.